The van der Waals surface area contributed by atoms with Gasteiger partial charge in [-0.2, -0.15) is 0 Å². The van der Waals surface area contributed by atoms with Gasteiger partial charge in [0.15, 0.2) is 0 Å². The van der Waals surface area contributed by atoms with Crippen molar-refractivity contribution in [2.45, 2.75) is 6.42 Å². The SMILES string of the molecule is C#CCCON=[C]c1cccc(Cl)c1. The largest absolute Gasteiger partial charge is 0.394 e. The maximum absolute atomic E-state index is 5.76. The zero-order valence-electron chi connectivity index (χ0n) is 7.53. The molecule has 0 aliphatic heterocycles. The molecule has 0 bridgehead atoms. The van der Waals surface area contributed by atoms with Crippen molar-refractivity contribution in [1.29, 1.82) is 0 Å². The molecule has 0 spiro atoms. The lowest BCUT2D eigenvalue weighted by Gasteiger charge is -1.94. The Morgan fingerprint density at radius 3 is 3.07 bits per heavy atom. The maximum Gasteiger partial charge on any atom is 0.139 e. The Kier molecular flexibility index (Phi) is 4.60. The van der Waals surface area contributed by atoms with E-state index in [1.165, 1.54) is 0 Å². The van der Waals surface area contributed by atoms with Crippen molar-refractivity contribution in [3.05, 3.63) is 34.9 Å². The topological polar surface area (TPSA) is 21.6 Å². The summed E-state index contributed by atoms with van der Waals surface area (Å²) in [6.45, 7) is 0.407. The van der Waals surface area contributed by atoms with Gasteiger partial charge in [-0.15, -0.1) is 12.3 Å². The average Bonchev–Trinajstić information content (AvgIpc) is 2.18. The highest BCUT2D eigenvalue weighted by molar-refractivity contribution is 6.30. The number of halogens is 1. The van der Waals surface area contributed by atoms with Crippen molar-refractivity contribution < 1.29 is 4.84 Å². The third-order valence-electron chi connectivity index (χ3n) is 1.40. The van der Waals surface area contributed by atoms with Gasteiger partial charge in [-0.05, 0) is 12.1 Å². The molecule has 0 atom stereocenters. The molecule has 14 heavy (non-hydrogen) atoms. The van der Waals surface area contributed by atoms with E-state index in [1.807, 2.05) is 12.1 Å². The Balaban J connectivity index is 2.41. The van der Waals surface area contributed by atoms with Crippen LogP contribution in [0.3, 0.4) is 0 Å². The predicted molar refractivity (Wildman–Crippen MR) is 57.4 cm³/mol. The first-order valence-electron chi connectivity index (χ1n) is 4.10. The Morgan fingerprint density at radius 1 is 1.50 bits per heavy atom. The molecule has 0 saturated heterocycles. The van der Waals surface area contributed by atoms with Crippen LogP contribution in [0, 0.1) is 12.3 Å². The van der Waals surface area contributed by atoms with E-state index in [2.05, 4.69) is 17.3 Å². The molecule has 0 fully saturated rings. The fourth-order valence-electron chi connectivity index (χ4n) is 0.793. The zero-order chi connectivity index (χ0) is 10.2. The molecule has 71 valence electrons. The maximum atomic E-state index is 5.76. The molecule has 0 heterocycles. The Bertz CT molecular complexity index is 355. The number of hydrogen-bond donors (Lipinski definition) is 0. The molecular formula is C11H9ClNO. The number of rotatable bonds is 4. The first kappa shape index (κ1) is 10.6. The molecule has 1 rings (SSSR count). The summed E-state index contributed by atoms with van der Waals surface area (Å²) in [7, 11) is 0. The first-order chi connectivity index (χ1) is 6.83. The summed E-state index contributed by atoms with van der Waals surface area (Å²) in [4.78, 5) is 4.85. The zero-order valence-corrected chi connectivity index (χ0v) is 8.29. The molecule has 0 aliphatic carbocycles. The van der Waals surface area contributed by atoms with Crippen LogP contribution >= 0.6 is 11.6 Å². The monoisotopic (exact) mass is 206 g/mol. The number of terminal acetylenes is 1. The van der Waals surface area contributed by atoms with Crippen LogP contribution in [0.1, 0.15) is 12.0 Å². The molecule has 1 aromatic carbocycles. The molecule has 0 unspecified atom stereocenters. The van der Waals surface area contributed by atoms with Crippen molar-refractivity contribution >= 4 is 17.8 Å². The van der Waals surface area contributed by atoms with E-state index in [0.717, 1.165) is 5.56 Å². The number of nitrogens with zero attached hydrogens (tertiary/aromatic N) is 1. The van der Waals surface area contributed by atoms with Crippen molar-refractivity contribution in [2.75, 3.05) is 6.61 Å². The molecule has 1 aromatic rings. The van der Waals surface area contributed by atoms with Crippen LogP contribution in [-0.4, -0.2) is 12.8 Å². The fourth-order valence-corrected chi connectivity index (χ4v) is 0.984. The molecule has 0 aliphatic rings. The van der Waals surface area contributed by atoms with Gasteiger partial charge >= 0.3 is 0 Å². The second-order valence-electron chi connectivity index (χ2n) is 2.50. The minimum Gasteiger partial charge on any atom is -0.394 e. The van der Waals surface area contributed by atoms with E-state index in [0.29, 0.717) is 18.1 Å². The summed E-state index contributed by atoms with van der Waals surface area (Å²) in [5, 5.41) is 4.26. The summed E-state index contributed by atoms with van der Waals surface area (Å²) in [6, 6.07) is 7.18. The van der Waals surface area contributed by atoms with Crippen molar-refractivity contribution in [2.24, 2.45) is 5.16 Å². The minimum absolute atomic E-state index is 0.407. The summed E-state index contributed by atoms with van der Waals surface area (Å²) >= 11 is 5.76. The van der Waals surface area contributed by atoms with E-state index in [1.54, 1.807) is 12.1 Å². The molecule has 2 nitrogen and oxygen atoms in total. The highest BCUT2D eigenvalue weighted by Gasteiger charge is 1.90. The van der Waals surface area contributed by atoms with Crippen molar-refractivity contribution in [1.82, 2.24) is 0 Å². The van der Waals surface area contributed by atoms with E-state index in [4.69, 9.17) is 22.9 Å². The van der Waals surface area contributed by atoms with Crippen molar-refractivity contribution in [3.8, 4) is 12.3 Å². The third kappa shape index (κ3) is 3.97. The minimum atomic E-state index is 0.407. The highest BCUT2D eigenvalue weighted by atomic mass is 35.5. The highest BCUT2D eigenvalue weighted by Crippen LogP contribution is 2.08. The summed E-state index contributed by atoms with van der Waals surface area (Å²) < 4.78 is 0. The fraction of sp³-hybridized carbons (Fsp3) is 0.182. The predicted octanol–water partition coefficient (Wildman–Crippen LogP) is 2.59. The molecule has 0 amide bonds. The summed E-state index contributed by atoms with van der Waals surface area (Å²) in [5.41, 5.74) is 0.776. The van der Waals surface area contributed by atoms with Gasteiger partial charge in [-0.1, -0.05) is 28.9 Å². The van der Waals surface area contributed by atoms with Gasteiger partial charge in [0.25, 0.3) is 0 Å². The molecule has 0 aromatic heterocycles. The molecule has 0 saturated carbocycles. The van der Waals surface area contributed by atoms with Crippen LogP contribution in [0.4, 0.5) is 0 Å². The third-order valence-corrected chi connectivity index (χ3v) is 1.64. The quantitative estimate of drug-likeness (QED) is 0.321. The molecular weight excluding hydrogens is 198 g/mol. The van der Waals surface area contributed by atoms with Crippen LogP contribution in [0.5, 0.6) is 0 Å². The Hall–Kier alpha value is -1.46. The van der Waals surface area contributed by atoms with E-state index in [9.17, 15) is 0 Å². The van der Waals surface area contributed by atoms with Crippen molar-refractivity contribution in [3.63, 3.8) is 0 Å². The van der Waals surface area contributed by atoms with E-state index in [-0.39, 0.29) is 0 Å². The standard InChI is InChI=1S/C11H9ClNO/c1-2-3-7-14-13-9-10-5-4-6-11(12)8-10/h1,4-6,8H,3,7H2. The number of benzene rings is 1. The molecule has 1 radical (unpaired) electrons. The second kappa shape index (κ2) is 6.06. The van der Waals surface area contributed by atoms with Gasteiger partial charge < -0.3 is 4.84 Å². The van der Waals surface area contributed by atoms with Crippen LogP contribution < -0.4 is 0 Å². The summed E-state index contributed by atoms with van der Waals surface area (Å²) in [5.74, 6) is 2.44. The van der Waals surface area contributed by atoms with Gasteiger partial charge in [0, 0.05) is 17.0 Å². The van der Waals surface area contributed by atoms with Gasteiger partial charge in [-0.3, -0.25) is 0 Å². The van der Waals surface area contributed by atoms with Crippen LogP contribution in [0.2, 0.25) is 5.02 Å². The van der Waals surface area contributed by atoms with Crippen LogP contribution in [0.25, 0.3) is 0 Å². The van der Waals surface area contributed by atoms with Gasteiger partial charge in [-0.25, -0.2) is 0 Å². The smallest absolute Gasteiger partial charge is 0.139 e. The Morgan fingerprint density at radius 2 is 2.36 bits per heavy atom. The first-order valence-corrected chi connectivity index (χ1v) is 4.48. The normalized spacial score (nSPS) is 10.0. The lowest BCUT2D eigenvalue weighted by Crippen LogP contribution is -1.87. The lowest BCUT2D eigenvalue weighted by atomic mass is 10.2. The number of hydrogen-bond acceptors (Lipinski definition) is 2. The van der Waals surface area contributed by atoms with Gasteiger partial charge in [0.05, 0.1) is 0 Å². The average molecular weight is 207 g/mol. The lowest BCUT2D eigenvalue weighted by molar-refractivity contribution is 0.152. The van der Waals surface area contributed by atoms with E-state index >= 15 is 0 Å². The Labute approximate surface area is 88.5 Å². The van der Waals surface area contributed by atoms with Crippen LogP contribution in [0.15, 0.2) is 29.4 Å². The van der Waals surface area contributed by atoms with E-state index < -0.39 is 0 Å². The van der Waals surface area contributed by atoms with Gasteiger partial charge in [0.1, 0.15) is 12.8 Å². The summed E-state index contributed by atoms with van der Waals surface area (Å²) in [6.07, 6.45) is 8.27. The molecule has 0 N–H and O–H groups in total. The van der Waals surface area contributed by atoms with Gasteiger partial charge in [0.2, 0.25) is 0 Å². The second-order valence-corrected chi connectivity index (χ2v) is 2.94. The van der Waals surface area contributed by atoms with Crippen LogP contribution in [-0.2, 0) is 4.84 Å². The molecule has 3 heteroatoms.